The molecular formula is C15H15NO. The predicted octanol–water partition coefficient (Wildman–Crippen LogP) is 3.01. The third-order valence-corrected chi connectivity index (χ3v) is 2.86. The summed E-state index contributed by atoms with van der Waals surface area (Å²) in [5.41, 5.74) is 9.23. The van der Waals surface area contributed by atoms with Gasteiger partial charge in [-0.25, -0.2) is 0 Å². The normalized spacial score (nSPS) is 10.2. The molecule has 0 unspecified atom stereocenters. The molecule has 0 aliphatic heterocycles. The lowest BCUT2D eigenvalue weighted by Gasteiger charge is -2.08. The Labute approximate surface area is 101 Å². The highest BCUT2D eigenvalue weighted by Crippen LogP contribution is 2.22. The van der Waals surface area contributed by atoms with E-state index in [4.69, 9.17) is 5.73 Å². The Morgan fingerprint density at radius 1 is 1.06 bits per heavy atom. The molecule has 0 spiro atoms. The largest absolute Gasteiger partial charge is 0.366 e. The van der Waals surface area contributed by atoms with Crippen LogP contribution >= 0.6 is 0 Å². The van der Waals surface area contributed by atoms with Crippen molar-refractivity contribution >= 4 is 5.91 Å². The highest BCUT2D eigenvalue weighted by atomic mass is 16.1. The van der Waals surface area contributed by atoms with Gasteiger partial charge in [0.25, 0.3) is 0 Å². The highest BCUT2D eigenvalue weighted by Gasteiger charge is 2.08. The molecule has 86 valence electrons. The average molecular weight is 225 g/mol. The molecule has 0 fully saturated rings. The lowest BCUT2D eigenvalue weighted by atomic mass is 9.97. The molecule has 2 aromatic rings. The first kappa shape index (κ1) is 11.4. The third kappa shape index (κ3) is 2.36. The number of carbonyl (C=O) groups is 1. The van der Waals surface area contributed by atoms with Crippen molar-refractivity contribution in [3.05, 3.63) is 59.7 Å². The SMILES string of the molecule is CCc1cc(-c2ccccc2)ccc1C(N)=O. The first-order chi connectivity index (χ1) is 8.22. The number of primary amides is 1. The van der Waals surface area contributed by atoms with Crippen LogP contribution in [-0.2, 0) is 6.42 Å². The van der Waals surface area contributed by atoms with Gasteiger partial charge in [0, 0.05) is 5.56 Å². The molecule has 0 saturated carbocycles. The highest BCUT2D eigenvalue weighted by molar-refractivity contribution is 5.95. The first-order valence-electron chi connectivity index (χ1n) is 5.70. The molecule has 2 heteroatoms. The topological polar surface area (TPSA) is 43.1 Å². The molecule has 2 N–H and O–H groups in total. The lowest BCUT2D eigenvalue weighted by Crippen LogP contribution is -2.13. The number of aryl methyl sites for hydroxylation is 1. The minimum Gasteiger partial charge on any atom is -0.366 e. The van der Waals surface area contributed by atoms with E-state index >= 15 is 0 Å². The predicted molar refractivity (Wildman–Crippen MR) is 69.8 cm³/mol. The van der Waals surface area contributed by atoms with E-state index in [1.807, 2.05) is 43.3 Å². The molecule has 2 rings (SSSR count). The number of rotatable bonds is 3. The van der Waals surface area contributed by atoms with Crippen molar-refractivity contribution in [1.29, 1.82) is 0 Å². The van der Waals surface area contributed by atoms with Gasteiger partial charge >= 0.3 is 0 Å². The van der Waals surface area contributed by atoms with Gasteiger partial charge in [0.15, 0.2) is 0 Å². The van der Waals surface area contributed by atoms with E-state index in [1.54, 1.807) is 0 Å². The number of nitrogens with two attached hydrogens (primary N) is 1. The van der Waals surface area contributed by atoms with Crippen LogP contribution in [0.1, 0.15) is 22.8 Å². The summed E-state index contributed by atoms with van der Waals surface area (Å²) in [7, 11) is 0. The van der Waals surface area contributed by atoms with Crippen LogP contribution in [0.5, 0.6) is 0 Å². The first-order valence-corrected chi connectivity index (χ1v) is 5.70. The number of carbonyl (C=O) groups excluding carboxylic acids is 1. The standard InChI is InChI=1S/C15H15NO/c1-2-11-10-13(8-9-14(11)15(16)17)12-6-4-3-5-7-12/h3-10H,2H2,1H3,(H2,16,17). The maximum atomic E-state index is 11.3. The lowest BCUT2D eigenvalue weighted by molar-refractivity contribution is 0.0999. The van der Waals surface area contributed by atoms with Gasteiger partial charge in [-0.15, -0.1) is 0 Å². The van der Waals surface area contributed by atoms with E-state index in [2.05, 4.69) is 12.1 Å². The van der Waals surface area contributed by atoms with E-state index in [0.29, 0.717) is 5.56 Å². The van der Waals surface area contributed by atoms with Crippen molar-refractivity contribution in [3.63, 3.8) is 0 Å². The van der Waals surface area contributed by atoms with Crippen molar-refractivity contribution in [2.75, 3.05) is 0 Å². The molecule has 0 heterocycles. The van der Waals surface area contributed by atoms with Gasteiger partial charge in [-0.2, -0.15) is 0 Å². The quantitative estimate of drug-likeness (QED) is 0.857. The molecule has 0 aromatic heterocycles. The molecule has 0 bridgehead atoms. The van der Waals surface area contributed by atoms with Gasteiger partial charge in [0.2, 0.25) is 5.91 Å². The minimum atomic E-state index is -0.360. The van der Waals surface area contributed by atoms with Crippen LogP contribution in [0, 0.1) is 0 Å². The zero-order valence-corrected chi connectivity index (χ0v) is 9.81. The third-order valence-electron chi connectivity index (χ3n) is 2.86. The smallest absolute Gasteiger partial charge is 0.248 e. The zero-order valence-electron chi connectivity index (χ0n) is 9.81. The number of benzene rings is 2. The summed E-state index contributed by atoms with van der Waals surface area (Å²) in [6, 6.07) is 15.9. The van der Waals surface area contributed by atoms with E-state index in [9.17, 15) is 4.79 Å². The van der Waals surface area contributed by atoms with Gasteiger partial charge in [-0.05, 0) is 29.2 Å². The van der Waals surface area contributed by atoms with Crippen LogP contribution < -0.4 is 5.73 Å². The molecule has 0 aliphatic rings. The van der Waals surface area contributed by atoms with E-state index in [1.165, 1.54) is 0 Å². The second-order valence-electron chi connectivity index (χ2n) is 3.96. The Morgan fingerprint density at radius 2 is 1.76 bits per heavy atom. The molecule has 0 atom stereocenters. The van der Waals surface area contributed by atoms with Crippen LogP contribution in [0.4, 0.5) is 0 Å². The van der Waals surface area contributed by atoms with Crippen LogP contribution in [0.25, 0.3) is 11.1 Å². The van der Waals surface area contributed by atoms with Crippen molar-refractivity contribution in [2.24, 2.45) is 5.73 Å². The fourth-order valence-electron chi connectivity index (χ4n) is 1.94. The van der Waals surface area contributed by atoms with Crippen molar-refractivity contribution < 1.29 is 4.79 Å². The van der Waals surface area contributed by atoms with Crippen LogP contribution in [0.2, 0.25) is 0 Å². The maximum Gasteiger partial charge on any atom is 0.248 e. The summed E-state index contributed by atoms with van der Waals surface area (Å²) in [5.74, 6) is -0.360. The Morgan fingerprint density at radius 3 is 2.35 bits per heavy atom. The number of hydrogen-bond acceptors (Lipinski definition) is 1. The van der Waals surface area contributed by atoms with E-state index in [0.717, 1.165) is 23.1 Å². The van der Waals surface area contributed by atoms with E-state index < -0.39 is 0 Å². The monoisotopic (exact) mass is 225 g/mol. The second-order valence-corrected chi connectivity index (χ2v) is 3.96. The van der Waals surface area contributed by atoms with E-state index in [-0.39, 0.29) is 5.91 Å². The summed E-state index contributed by atoms with van der Waals surface area (Å²) in [4.78, 5) is 11.3. The maximum absolute atomic E-state index is 11.3. The number of hydrogen-bond donors (Lipinski definition) is 1. The van der Waals surface area contributed by atoms with Crippen molar-refractivity contribution in [3.8, 4) is 11.1 Å². The molecule has 2 aromatic carbocycles. The Hall–Kier alpha value is -2.09. The van der Waals surface area contributed by atoms with Gasteiger partial charge in [0.1, 0.15) is 0 Å². The Balaban J connectivity index is 2.49. The molecule has 0 radical (unpaired) electrons. The summed E-state index contributed by atoms with van der Waals surface area (Å²) >= 11 is 0. The van der Waals surface area contributed by atoms with Crippen LogP contribution in [0.15, 0.2) is 48.5 Å². The van der Waals surface area contributed by atoms with Crippen molar-refractivity contribution in [1.82, 2.24) is 0 Å². The van der Waals surface area contributed by atoms with Crippen molar-refractivity contribution in [2.45, 2.75) is 13.3 Å². The fourth-order valence-corrected chi connectivity index (χ4v) is 1.94. The molecule has 17 heavy (non-hydrogen) atoms. The van der Waals surface area contributed by atoms with Gasteiger partial charge < -0.3 is 5.73 Å². The summed E-state index contributed by atoms with van der Waals surface area (Å²) < 4.78 is 0. The Bertz CT molecular complexity index is 532. The molecule has 2 nitrogen and oxygen atoms in total. The fraction of sp³-hybridized carbons (Fsp3) is 0.133. The zero-order chi connectivity index (χ0) is 12.3. The average Bonchev–Trinajstić information content (AvgIpc) is 2.39. The van der Waals surface area contributed by atoms with Crippen LogP contribution in [-0.4, -0.2) is 5.91 Å². The number of amides is 1. The molecule has 0 aliphatic carbocycles. The minimum absolute atomic E-state index is 0.360. The molecule has 0 saturated heterocycles. The molecule has 1 amide bonds. The molecular weight excluding hydrogens is 210 g/mol. The van der Waals surface area contributed by atoms with Crippen LogP contribution in [0.3, 0.4) is 0 Å². The van der Waals surface area contributed by atoms with Gasteiger partial charge in [0.05, 0.1) is 0 Å². The second kappa shape index (κ2) is 4.83. The summed E-state index contributed by atoms with van der Waals surface area (Å²) in [5, 5.41) is 0. The Kier molecular flexibility index (Phi) is 3.24. The summed E-state index contributed by atoms with van der Waals surface area (Å²) in [6.45, 7) is 2.02. The van der Waals surface area contributed by atoms with Gasteiger partial charge in [-0.1, -0.05) is 49.4 Å². The van der Waals surface area contributed by atoms with Gasteiger partial charge in [-0.3, -0.25) is 4.79 Å². The summed E-state index contributed by atoms with van der Waals surface area (Å²) in [6.07, 6.45) is 0.805.